The number of nitrogen functional groups attached to an aromatic ring is 1. The minimum absolute atomic E-state index is 0.513. The summed E-state index contributed by atoms with van der Waals surface area (Å²) in [6, 6.07) is 15.0. The number of anilines is 1. The van der Waals surface area contributed by atoms with Crippen LogP contribution in [0.4, 0.5) is 5.69 Å². The summed E-state index contributed by atoms with van der Waals surface area (Å²) in [5, 5.41) is 0.864. The second kappa shape index (κ2) is 4.33. The molecule has 0 bridgehead atoms. The Balaban J connectivity index is 2.08. The lowest BCUT2D eigenvalue weighted by atomic mass is 10.2. The van der Waals surface area contributed by atoms with Gasteiger partial charge in [0.05, 0.1) is 16.6 Å². The molecule has 0 atom stereocenters. The van der Waals surface area contributed by atoms with Crippen LogP contribution in [0.5, 0.6) is 11.6 Å². The normalized spacial score (nSPS) is 10.4. The molecule has 0 aliphatic carbocycles. The van der Waals surface area contributed by atoms with Gasteiger partial charge in [-0.2, -0.15) is 0 Å². The highest BCUT2D eigenvalue weighted by Crippen LogP contribution is 2.29. The molecular weight excluding hydrogens is 226 g/mol. The molecule has 4 nitrogen and oxygen atoms in total. The van der Waals surface area contributed by atoms with E-state index in [-0.39, 0.29) is 0 Å². The van der Waals surface area contributed by atoms with E-state index in [2.05, 4.69) is 9.97 Å². The van der Waals surface area contributed by atoms with E-state index in [1.54, 1.807) is 6.07 Å². The van der Waals surface area contributed by atoms with Gasteiger partial charge in [0.1, 0.15) is 6.33 Å². The molecule has 1 heterocycles. The third-order valence-electron chi connectivity index (χ3n) is 2.63. The zero-order chi connectivity index (χ0) is 12.4. The van der Waals surface area contributed by atoms with Gasteiger partial charge in [0.2, 0.25) is 5.88 Å². The van der Waals surface area contributed by atoms with Crippen molar-refractivity contribution in [2.24, 2.45) is 0 Å². The van der Waals surface area contributed by atoms with Crippen LogP contribution >= 0.6 is 0 Å². The van der Waals surface area contributed by atoms with E-state index in [0.717, 1.165) is 10.9 Å². The molecule has 2 N–H and O–H groups in total. The van der Waals surface area contributed by atoms with Gasteiger partial charge in [-0.3, -0.25) is 0 Å². The fourth-order valence-corrected chi connectivity index (χ4v) is 1.74. The van der Waals surface area contributed by atoms with Crippen molar-refractivity contribution in [3.63, 3.8) is 0 Å². The first kappa shape index (κ1) is 10.5. The van der Waals surface area contributed by atoms with Crippen molar-refractivity contribution < 1.29 is 4.74 Å². The van der Waals surface area contributed by atoms with Crippen LogP contribution in [0.25, 0.3) is 10.9 Å². The lowest BCUT2D eigenvalue weighted by Gasteiger charge is -2.08. The van der Waals surface area contributed by atoms with Crippen molar-refractivity contribution in [3.8, 4) is 11.6 Å². The van der Waals surface area contributed by atoms with Crippen molar-refractivity contribution in [3.05, 3.63) is 54.9 Å². The van der Waals surface area contributed by atoms with E-state index >= 15 is 0 Å². The van der Waals surface area contributed by atoms with E-state index in [4.69, 9.17) is 10.5 Å². The smallest absolute Gasteiger partial charge is 0.230 e. The van der Waals surface area contributed by atoms with Crippen LogP contribution in [0.15, 0.2) is 54.9 Å². The number of benzene rings is 2. The van der Waals surface area contributed by atoms with Gasteiger partial charge in [-0.15, -0.1) is 0 Å². The van der Waals surface area contributed by atoms with E-state index in [1.165, 1.54) is 6.33 Å². The van der Waals surface area contributed by atoms with Gasteiger partial charge in [-0.05, 0) is 24.3 Å². The lowest BCUT2D eigenvalue weighted by Crippen LogP contribution is -1.94. The number of hydrogen-bond acceptors (Lipinski definition) is 4. The van der Waals surface area contributed by atoms with Crippen LogP contribution in [-0.4, -0.2) is 9.97 Å². The van der Waals surface area contributed by atoms with Crippen LogP contribution in [0, 0.1) is 0 Å². The maximum atomic E-state index is 5.84. The largest absolute Gasteiger partial charge is 0.436 e. The number of fused-ring (bicyclic) bond motifs is 1. The molecule has 0 aliphatic heterocycles. The summed E-state index contributed by atoms with van der Waals surface area (Å²) in [7, 11) is 0. The maximum absolute atomic E-state index is 5.84. The molecule has 0 aliphatic rings. The third-order valence-corrected chi connectivity index (χ3v) is 2.63. The third kappa shape index (κ3) is 1.84. The molecule has 3 aromatic rings. The number of para-hydroxylation sites is 3. The SMILES string of the molecule is Nc1ccccc1Oc1ncnc2ccccc12. The summed E-state index contributed by atoms with van der Waals surface area (Å²) in [5.74, 6) is 1.11. The summed E-state index contributed by atoms with van der Waals surface area (Å²) in [4.78, 5) is 8.34. The highest BCUT2D eigenvalue weighted by molar-refractivity contribution is 5.83. The monoisotopic (exact) mass is 237 g/mol. The zero-order valence-corrected chi connectivity index (χ0v) is 9.58. The number of hydrogen-bond donors (Lipinski definition) is 1. The van der Waals surface area contributed by atoms with E-state index in [1.807, 2.05) is 42.5 Å². The van der Waals surface area contributed by atoms with Crippen LogP contribution in [0.2, 0.25) is 0 Å². The zero-order valence-electron chi connectivity index (χ0n) is 9.58. The Morgan fingerprint density at radius 3 is 2.56 bits per heavy atom. The van der Waals surface area contributed by atoms with Crippen molar-refractivity contribution in [1.82, 2.24) is 9.97 Å². The second-order valence-electron chi connectivity index (χ2n) is 3.84. The highest BCUT2D eigenvalue weighted by Gasteiger charge is 2.06. The Kier molecular flexibility index (Phi) is 2.53. The van der Waals surface area contributed by atoms with Crippen molar-refractivity contribution in [2.45, 2.75) is 0 Å². The number of rotatable bonds is 2. The minimum Gasteiger partial charge on any atom is -0.436 e. The Morgan fingerprint density at radius 1 is 0.889 bits per heavy atom. The molecule has 0 saturated heterocycles. The molecule has 0 spiro atoms. The van der Waals surface area contributed by atoms with Crippen LogP contribution in [0.1, 0.15) is 0 Å². The maximum Gasteiger partial charge on any atom is 0.230 e. The Morgan fingerprint density at radius 2 is 1.67 bits per heavy atom. The van der Waals surface area contributed by atoms with Crippen molar-refractivity contribution in [2.75, 3.05) is 5.73 Å². The van der Waals surface area contributed by atoms with Gasteiger partial charge in [-0.25, -0.2) is 9.97 Å². The minimum atomic E-state index is 0.513. The summed E-state index contributed by atoms with van der Waals surface area (Å²) in [5.41, 5.74) is 7.27. The van der Waals surface area contributed by atoms with Crippen LogP contribution in [0.3, 0.4) is 0 Å². The molecule has 2 aromatic carbocycles. The van der Waals surface area contributed by atoms with E-state index in [0.29, 0.717) is 17.3 Å². The van der Waals surface area contributed by atoms with Crippen molar-refractivity contribution >= 4 is 16.6 Å². The number of aromatic nitrogens is 2. The van der Waals surface area contributed by atoms with E-state index < -0.39 is 0 Å². The lowest BCUT2D eigenvalue weighted by molar-refractivity contribution is 0.470. The molecular formula is C14H11N3O. The quantitative estimate of drug-likeness (QED) is 0.696. The first-order chi connectivity index (χ1) is 8.84. The molecule has 0 fully saturated rings. The molecule has 4 heteroatoms. The average molecular weight is 237 g/mol. The van der Waals surface area contributed by atoms with E-state index in [9.17, 15) is 0 Å². The highest BCUT2D eigenvalue weighted by atomic mass is 16.5. The van der Waals surface area contributed by atoms with Crippen LogP contribution in [-0.2, 0) is 0 Å². The van der Waals surface area contributed by atoms with Gasteiger partial charge in [-0.1, -0.05) is 24.3 Å². The molecule has 0 amide bonds. The van der Waals surface area contributed by atoms with Gasteiger partial charge in [0.15, 0.2) is 5.75 Å². The van der Waals surface area contributed by atoms with Crippen molar-refractivity contribution in [1.29, 1.82) is 0 Å². The molecule has 88 valence electrons. The molecule has 0 radical (unpaired) electrons. The predicted molar refractivity (Wildman–Crippen MR) is 70.5 cm³/mol. The number of nitrogens with two attached hydrogens (primary N) is 1. The summed E-state index contributed by atoms with van der Waals surface area (Å²) in [6.07, 6.45) is 1.48. The molecule has 3 rings (SSSR count). The Hall–Kier alpha value is -2.62. The second-order valence-corrected chi connectivity index (χ2v) is 3.84. The molecule has 0 unspecified atom stereocenters. The van der Waals surface area contributed by atoms with Gasteiger partial charge in [0.25, 0.3) is 0 Å². The molecule has 0 saturated carbocycles. The predicted octanol–water partition coefficient (Wildman–Crippen LogP) is 3.00. The first-order valence-electron chi connectivity index (χ1n) is 5.57. The Bertz CT molecular complexity index is 692. The topological polar surface area (TPSA) is 61.0 Å². The van der Waals surface area contributed by atoms with Crippen LogP contribution < -0.4 is 10.5 Å². The average Bonchev–Trinajstić information content (AvgIpc) is 2.42. The van der Waals surface area contributed by atoms with Gasteiger partial charge >= 0.3 is 0 Å². The summed E-state index contributed by atoms with van der Waals surface area (Å²) < 4.78 is 5.75. The first-order valence-corrected chi connectivity index (χ1v) is 5.57. The summed E-state index contributed by atoms with van der Waals surface area (Å²) >= 11 is 0. The number of nitrogens with zero attached hydrogens (tertiary/aromatic N) is 2. The van der Waals surface area contributed by atoms with Gasteiger partial charge in [0, 0.05) is 0 Å². The molecule has 18 heavy (non-hydrogen) atoms. The Labute approximate surface area is 104 Å². The fourth-order valence-electron chi connectivity index (χ4n) is 1.74. The fraction of sp³-hybridized carbons (Fsp3) is 0. The number of ether oxygens (including phenoxy) is 1. The standard InChI is InChI=1S/C14H11N3O/c15-11-6-2-4-8-13(11)18-14-10-5-1-3-7-12(10)16-9-17-14/h1-9H,15H2. The molecule has 1 aromatic heterocycles. The van der Waals surface area contributed by atoms with Gasteiger partial charge < -0.3 is 10.5 Å². The summed E-state index contributed by atoms with van der Waals surface area (Å²) in [6.45, 7) is 0.